The van der Waals surface area contributed by atoms with Gasteiger partial charge in [-0.3, -0.25) is 10.1 Å². The number of carboxylic acids is 1. The standard InChI is InChI=1S/C7H4BrNO4.C5H11N/c8-4-1-2-5(7(10)11)6(3-4)9(12)13;1-2-4-6-5-3-1/h1-3H,(H,10,11);6H,1-5H2. The van der Waals surface area contributed by atoms with Gasteiger partial charge in [0.1, 0.15) is 5.56 Å². The number of nitro groups is 1. The number of hydrogen-bond acceptors (Lipinski definition) is 4. The van der Waals surface area contributed by atoms with E-state index in [1.54, 1.807) is 0 Å². The van der Waals surface area contributed by atoms with Crippen molar-refractivity contribution >= 4 is 27.6 Å². The molecule has 0 bridgehead atoms. The number of halogens is 1. The van der Waals surface area contributed by atoms with Crippen molar-refractivity contribution in [2.45, 2.75) is 19.3 Å². The molecule has 1 aromatic rings. The van der Waals surface area contributed by atoms with E-state index >= 15 is 0 Å². The SMILES string of the molecule is C1CCNCC1.O=C(O)c1ccc(Br)cc1[N+](=O)[O-]. The van der Waals surface area contributed by atoms with Gasteiger partial charge in [0.2, 0.25) is 0 Å². The van der Waals surface area contributed by atoms with Gasteiger partial charge in [0.05, 0.1) is 4.92 Å². The Balaban J connectivity index is 0.000000250. The van der Waals surface area contributed by atoms with Crippen LogP contribution in [-0.4, -0.2) is 29.1 Å². The molecule has 0 atom stereocenters. The van der Waals surface area contributed by atoms with E-state index in [0.29, 0.717) is 4.47 Å². The second-order valence-electron chi connectivity index (χ2n) is 4.03. The number of carboxylic acid groups (broad SMARTS) is 1. The molecule has 19 heavy (non-hydrogen) atoms. The lowest BCUT2D eigenvalue weighted by Crippen LogP contribution is -2.21. The van der Waals surface area contributed by atoms with Gasteiger partial charge in [-0.2, -0.15) is 0 Å². The highest BCUT2D eigenvalue weighted by Crippen LogP contribution is 2.23. The lowest BCUT2D eigenvalue weighted by Gasteiger charge is -2.08. The zero-order chi connectivity index (χ0) is 14.3. The van der Waals surface area contributed by atoms with Gasteiger partial charge in [-0.1, -0.05) is 22.4 Å². The zero-order valence-electron chi connectivity index (χ0n) is 10.3. The van der Waals surface area contributed by atoms with E-state index in [-0.39, 0.29) is 5.56 Å². The van der Waals surface area contributed by atoms with Gasteiger partial charge in [-0.05, 0) is 38.1 Å². The molecule has 2 rings (SSSR count). The highest BCUT2D eigenvalue weighted by molar-refractivity contribution is 9.10. The van der Waals surface area contributed by atoms with Crippen LogP contribution in [0.2, 0.25) is 0 Å². The molecule has 1 fully saturated rings. The monoisotopic (exact) mass is 330 g/mol. The Morgan fingerprint density at radius 2 is 1.95 bits per heavy atom. The Morgan fingerprint density at radius 1 is 1.32 bits per heavy atom. The molecule has 1 aromatic carbocycles. The zero-order valence-corrected chi connectivity index (χ0v) is 11.9. The van der Waals surface area contributed by atoms with Crippen LogP contribution in [0.3, 0.4) is 0 Å². The Bertz CT molecular complexity index is 450. The number of nitro benzene ring substituents is 1. The molecule has 0 radical (unpaired) electrons. The molecule has 1 heterocycles. The fraction of sp³-hybridized carbons (Fsp3) is 0.417. The first-order valence-corrected chi connectivity index (χ1v) is 6.69. The van der Waals surface area contributed by atoms with Crippen molar-refractivity contribution in [3.63, 3.8) is 0 Å². The van der Waals surface area contributed by atoms with Crippen LogP contribution in [0.5, 0.6) is 0 Å². The predicted octanol–water partition coefficient (Wildman–Crippen LogP) is 2.82. The normalized spacial score (nSPS) is 14.2. The van der Waals surface area contributed by atoms with Crippen molar-refractivity contribution in [2.75, 3.05) is 13.1 Å². The number of aromatic carboxylic acids is 1. The van der Waals surface area contributed by atoms with Crippen LogP contribution < -0.4 is 5.32 Å². The van der Waals surface area contributed by atoms with E-state index in [0.717, 1.165) is 6.07 Å². The number of nitrogens with one attached hydrogen (secondary N) is 1. The third kappa shape index (κ3) is 5.35. The van der Waals surface area contributed by atoms with Crippen LogP contribution in [0.1, 0.15) is 29.6 Å². The number of piperidine rings is 1. The van der Waals surface area contributed by atoms with Crippen molar-refractivity contribution < 1.29 is 14.8 Å². The minimum absolute atomic E-state index is 0.312. The fourth-order valence-corrected chi connectivity index (χ4v) is 1.99. The molecule has 0 spiro atoms. The van der Waals surface area contributed by atoms with Gasteiger partial charge in [-0.25, -0.2) is 4.79 Å². The summed E-state index contributed by atoms with van der Waals surface area (Å²) in [6.45, 7) is 2.50. The smallest absolute Gasteiger partial charge is 0.342 e. The summed E-state index contributed by atoms with van der Waals surface area (Å²) >= 11 is 3.02. The summed E-state index contributed by atoms with van der Waals surface area (Å²) in [5.41, 5.74) is -0.727. The second kappa shape index (κ2) is 7.85. The molecule has 7 heteroatoms. The third-order valence-corrected chi connectivity index (χ3v) is 3.09. The first kappa shape index (κ1) is 15.6. The molecule has 0 aromatic heterocycles. The van der Waals surface area contributed by atoms with Crippen molar-refractivity contribution in [1.82, 2.24) is 5.32 Å². The van der Waals surface area contributed by atoms with Gasteiger partial charge in [-0.15, -0.1) is 0 Å². The quantitative estimate of drug-likeness (QED) is 0.642. The van der Waals surface area contributed by atoms with E-state index in [1.807, 2.05) is 0 Å². The minimum Gasteiger partial charge on any atom is -0.477 e. The highest BCUT2D eigenvalue weighted by atomic mass is 79.9. The summed E-state index contributed by atoms with van der Waals surface area (Å²) in [7, 11) is 0. The molecular formula is C12H15BrN2O4. The van der Waals surface area contributed by atoms with E-state index < -0.39 is 16.6 Å². The maximum atomic E-state index is 10.5. The molecule has 6 nitrogen and oxygen atoms in total. The van der Waals surface area contributed by atoms with Gasteiger partial charge < -0.3 is 10.4 Å². The lowest BCUT2D eigenvalue weighted by atomic mass is 10.2. The number of hydrogen-bond donors (Lipinski definition) is 2. The first-order chi connectivity index (χ1) is 9.02. The van der Waals surface area contributed by atoms with Gasteiger partial charge >= 0.3 is 5.97 Å². The van der Waals surface area contributed by atoms with E-state index in [1.165, 1.54) is 44.5 Å². The van der Waals surface area contributed by atoms with E-state index in [2.05, 4.69) is 21.2 Å². The summed E-state index contributed by atoms with van der Waals surface area (Å²) in [5.74, 6) is -1.31. The summed E-state index contributed by atoms with van der Waals surface area (Å²) in [5, 5.41) is 22.3. The van der Waals surface area contributed by atoms with Crippen LogP contribution >= 0.6 is 15.9 Å². The Labute approximate surface area is 119 Å². The molecule has 0 amide bonds. The maximum absolute atomic E-state index is 10.5. The van der Waals surface area contributed by atoms with Crippen LogP contribution in [0.25, 0.3) is 0 Å². The summed E-state index contributed by atoms with van der Waals surface area (Å²) in [6.07, 6.45) is 4.22. The first-order valence-electron chi connectivity index (χ1n) is 5.90. The summed E-state index contributed by atoms with van der Waals surface area (Å²) < 4.78 is 0.476. The molecule has 0 unspecified atom stereocenters. The highest BCUT2D eigenvalue weighted by Gasteiger charge is 2.19. The van der Waals surface area contributed by atoms with Crippen molar-refractivity contribution in [1.29, 1.82) is 0 Å². The Morgan fingerprint density at radius 3 is 2.32 bits per heavy atom. The third-order valence-electron chi connectivity index (χ3n) is 2.59. The molecule has 2 N–H and O–H groups in total. The largest absolute Gasteiger partial charge is 0.477 e. The van der Waals surface area contributed by atoms with Crippen molar-refractivity contribution in [2.24, 2.45) is 0 Å². The predicted molar refractivity (Wildman–Crippen MR) is 74.5 cm³/mol. The Hall–Kier alpha value is -1.47. The fourth-order valence-electron chi connectivity index (χ4n) is 1.64. The summed E-state index contributed by atoms with van der Waals surface area (Å²) in [4.78, 5) is 20.2. The van der Waals surface area contributed by atoms with Crippen LogP contribution in [0.15, 0.2) is 22.7 Å². The van der Waals surface area contributed by atoms with E-state index in [9.17, 15) is 14.9 Å². The molecular weight excluding hydrogens is 316 g/mol. The topological polar surface area (TPSA) is 92.5 Å². The maximum Gasteiger partial charge on any atom is 0.342 e. The van der Waals surface area contributed by atoms with Crippen LogP contribution in [0.4, 0.5) is 5.69 Å². The molecule has 0 aliphatic carbocycles. The lowest BCUT2D eigenvalue weighted by molar-refractivity contribution is -0.385. The van der Waals surface area contributed by atoms with Gasteiger partial charge in [0.25, 0.3) is 5.69 Å². The van der Waals surface area contributed by atoms with Crippen LogP contribution in [0, 0.1) is 10.1 Å². The van der Waals surface area contributed by atoms with Gasteiger partial charge in [0.15, 0.2) is 0 Å². The molecule has 1 aliphatic rings. The number of nitrogens with zero attached hydrogens (tertiary/aromatic N) is 1. The Kier molecular flexibility index (Phi) is 6.44. The number of rotatable bonds is 2. The van der Waals surface area contributed by atoms with Gasteiger partial charge in [0, 0.05) is 10.5 Å². The molecule has 104 valence electrons. The van der Waals surface area contributed by atoms with E-state index in [4.69, 9.17) is 5.11 Å². The second-order valence-corrected chi connectivity index (χ2v) is 4.95. The van der Waals surface area contributed by atoms with Crippen LogP contribution in [-0.2, 0) is 0 Å². The molecule has 1 aliphatic heterocycles. The molecule has 1 saturated heterocycles. The van der Waals surface area contributed by atoms with Crippen molar-refractivity contribution in [3.8, 4) is 0 Å². The number of benzene rings is 1. The average Bonchev–Trinajstić information content (AvgIpc) is 2.41. The molecule has 0 saturated carbocycles. The number of carbonyl (C=O) groups is 1. The van der Waals surface area contributed by atoms with Crippen molar-refractivity contribution in [3.05, 3.63) is 38.3 Å². The summed E-state index contributed by atoms with van der Waals surface area (Å²) in [6, 6.07) is 3.78. The average molecular weight is 331 g/mol. The minimum atomic E-state index is -1.31.